The molecule has 1 aromatic carbocycles. The largest absolute Gasteiger partial charge is 0.495 e. The van der Waals surface area contributed by atoms with E-state index in [0.717, 1.165) is 5.56 Å². The molecule has 7 heteroatoms. The first-order chi connectivity index (χ1) is 11.5. The van der Waals surface area contributed by atoms with Crippen LogP contribution in [0.25, 0.3) is 0 Å². The van der Waals surface area contributed by atoms with E-state index in [1.807, 2.05) is 19.1 Å². The molecule has 2 amide bonds. The van der Waals surface area contributed by atoms with Gasteiger partial charge in [-0.3, -0.25) is 14.5 Å². The highest BCUT2D eigenvalue weighted by atomic mass is 16.5. The van der Waals surface area contributed by atoms with Gasteiger partial charge in [-0.05, 0) is 31.5 Å². The number of carbonyl (C=O) groups excluding carboxylic acids is 2. The third-order valence-electron chi connectivity index (χ3n) is 4.00. The highest BCUT2D eigenvalue weighted by molar-refractivity contribution is 6.03. The number of benzene rings is 1. The summed E-state index contributed by atoms with van der Waals surface area (Å²) in [6.45, 7) is 3.97. The van der Waals surface area contributed by atoms with Crippen LogP contribution in [0.4, 0.5) is 11.5 Å². The van der Waals surface area contributed by atoms with Gasteiger partial charge in [0.05, 0.1) is 18.7 Å². The first-order valence-corrected chi connectivity index (χ1v) is 7.67. The summed E-state index contributed by atoms with van der Waals surface area (Å²) in [6, 6.07) is 7.23. The topological polar surface area (TPSA) is 84.7 Å². The molecule has 2 aromatic rings. The fourth-order valence-corrected chi connectivity index (χ4v) is 2.74. The van der Waals surface area contributed by atoms with Crippen LogP contribution < -0.4 is 15.0 Å². The maximum atomic E-state index is 12.5. The van der Waals surface area contributed by atoms with Crippen LogP contribution in [0.1, 0.15) is 17.7 Å². The molecule has 0 aliphatic carbocycles. The number of amides is 2. The van der Waals surface area contributed by atoms with Crippen LogP contribution in [0.3, 0.4) is 0 Å². The summed E-state index contributed by atoms with van der Waals surface area (Å²) < 4.78 is 10.3. The molecule has 0 bridgehead atoms. The molecule has 126 valence electrons. The van der Waals surface area contributed by atoms with Crippen LogP contribution in [-0.4, -0.2) is 30.6 Å². The van der Waals surface area contributed by atoms with E-state index in [1.165, 1.54) is 4.90 Å². The first kappa shape index (κ1) is 16.0. The number of ether oxygens (including phenoxy) is 1. The van der Waals surface area contributed by atoms with Gasteiger partial charge in [-0.15, -0.1) is 0 Å². The van der Waals surface area contributed by atoms with Crippen molar-refractivity contribution in [2.75, 3.05) is 23.9 Å². The van der Waals surface area contributed by atoms with E-state index in [4.69, 9.17) is 9.26 Å². The molecule has 3 rings (SSSR count). The molecule has 1 aromatic heterocycles. The molecule has 1 saturated heterocycles. The van der Waals surface area contributed by atoms with Gasteiger partial charge in [-0.1, -0.05) is 11.2 Å². The highest BCUT2D eigenvalue weighted by Gasteiger charge is 2.36. The van der Waals surface area contributed by atoms with Crippen LogP contribution >= 0.6 is 0 Å². The summed E-state index contributed by atoms with van der Waals surface area (Å²) in [7, 11) is 1.55. The molecule has 1 N–H and O–H groups in total. The van der Waals surface area contributed by atoms with Crippen molar-refractivity contribution in [2.24, 2.45) is 5.92 Å². The van der Waals surface area contributed by atoms with E-state index in [9.17, 15) is 9.59 Å². The molecule has 7 nitrogen and oxygen atoms in total. The average molecular weight is 329 g/mol. The maximum Gasteiger partial charge on any atom is 0.229 e. The Hall–Kier alpha value is -2.83. The van der Waals surface area contributed by atoms with Crippen molar-refractivity contribution >= 4 is 23.3 Å². The molecular weight excluding hydrogens is 310 g/mol. The molecule has 1 aliphatic heterocycles. The molecule has 0 radical (unpaired) electrons. The van der Waals surface area contributed by atoms with Gasteiger partial charge in [0, 0.05) is 19.0 Å². The van der Waals surface area contributed by atoms with Crippen molar-refractivity contribution in [1.29, 1.82) is 0 Å². The summed E-state index contributed by atoms with van der Waals surface area (Å²) in [4.78, 5) is 26.2. The Labute approximate surface area is 139 Å². The Morgan fingerprint density at radius 2 is 2.17 bits per heavy atom. The number of aromatic nitrogens is 1. The van der Waals surface area contributed by atoms with Gasteiger partial charge in [0.15, 0.2) is 5.82 Å². The van der Waals surface area contributed by atoms with Crippen molar-refractivity contribution < 1.29 is 18.8 Å². The van der Waals surface area contributed by atoms with Crippen molar-refractivity contribution in [3.63, 3.8) is 0 Å². The van der Waals surface area contributed by atoms with Crippen molar-refractivity contribution in [3.8, 4) is 5.75 Å². The monoisotopic (exact) mass is 329 g/mol. The van der Waals surface area contributed by atoms with Crippen molar-refractivity contribution in [3.05, 3.63) is 35.6 Å². The van der Waals surface area contributed by atoms with E-state index in [0.29, 0.717) is 23.0 Å². The zero-order valence-corrected chi connectivity index (χ0v) is 13.8. The van der Waals surface area contributed by atoms with Crippen LogP contribution in [0.15, 0.2) is 28.8 Å². The second-order valence-electron chi connectivity index (χ2n) is 5.89. The number of anilines is 2. The van der Waals surface area contributed by atoms with Gasteiger partial charge in [0.25, 0.3) is 0 Å². The van der Waals surface area contributed by atoms with Crippen LogP contribution in [0.2, 0.25) is 0 Å². The number of rotatable bonds is 4. The van der Waals surface area contributed by atoms with Crippen LogP contribution in [0, 0.1) is 19.8 Å². The summed E-state index contributed by atoms with van der Waals surface area (Å²) in [5.41, 5.74) is 1.61. The fraction of sp³-hybridized carbons (Fsp3) is 0.353. The second-order valence-corrected chi connectivity index (χ2v) is 5.89. The summed E-state index contributed by atoms with van der Waals surface area (Å²) in [5, 5.41) is 6.70. The van der Waals surface area contributed by atoms with E-state index in [1.54, 1.807) is 26.2 Å². The van der Waals surface area contributed by atoms with E-state index in [2.05, 4.69) is 10.5 Å². The lowest BCUT2D eigenvalue weighted by Crippen LogP contribution is -2.28. The Balaban J connectivity index is 1.73. The van der Waals surface area contributed by atoms with E-state index in [-0.39, 0.29) is 24.8 Å². The van der Waals surface area contributed by atoms with E-state index < -0.39 is 5.92 Å². The van der Waals surface area contributed by atoms with Crippen molar-refractivity contribution in [2.45, 2.75) is 20.3 Å². The molecule has 1 fully saturated rings. The van der Waals surface area contributed by atoms with Gasteiger partial charge in [0.2, 0.25) is 11.8 Å². The first-order valence-electron chi connectivity index (χ1n) is 7.67. The smallest absolute Gasteiger partial charge is 0.229 e. The molecule has 2 heterocycles. The number of methoxy groups -OCH3 is 1. The number of nitrogens with zero attached hydrogens (tertiary/aromatic N) is 2. The minimum Gasteiger partial charge on any atom is -0.495 e. The lowest BCUT2D eigenvalue weighted by molar-refractivity contribution is -0.122. The van der Waals surface area contributed by atoms with Gasteiger partial charge in [-0.25, -0.2) is 0 Å². The Morgan fingerprint density at radius 3 is 2.83 bits per heavy atom. The Bertz CT molecular complexity index is 784. The van der Waals surface area contributed by atoms with Crippen molar-refractivity contribution in [1.82, 2.24) is 5.16 Å². The minimum absolute atomic E-state index is 0.139. The van der Waals surface area contributed by atoms with Gasteiger partial charge < -0.3 is 14.6 Å². The van der Waals surface area contributed by atoms with E-state index >= 15 is 0 Å². The molecular formula is C17H19N3O4. The predicted molar refractivity (Wildman–Crippen MR) is 88.1 cm³/mol. The standard InChI is InChI=1S/C17H19N3O4/c1-10-4-5-14(23-3)13(6-10)18-17(22)12-8-16(21)20(9-12)15-7-11(2)24-19-15/h4-7,12H,8-9H2,1-3H3,(H,18,22). The normalized spacial score (nSPS) is 17.2. The SMILES string of the molecule is COc1ccc(C)cc1NC(=O)C1CC(=O)N(c2cc(C)on2)C1. The molecule has 24 heavy (non-hydrogen) atoms. The summed E-state index contributed by atoms with van der Waals surface area (Å²) >= 11 is 0. The number of hydrogen-bond acceptors (Lipinski definition) is 5. The number of aryl methyl sites for hydroxylation is 2. The predicted octanol–water partition coefficient (Wildman–Crippen LogP) is 2.29. The van der Waals surface area contributed by atoms with Gasteiger partial charge in [0.1, 0.15) is 11.5 Å². The highest BCUT2D eigenvalue weighted by Crippen LogP contribution is 2.29. The number of hydrogen-bond donors (Lipinski definition) is 1. The summed E-state index contributed by atoms with van der Waals surface area (Å²) in [6.07, 6.45) is 0.145. The quantitative estimate of drug-likeness (QED) is 0.930. The Morgan fingerprint density at radius 1 is 1.38 bits per heavy atom. The molecule has 0 saturated carbocycles. The second kappa shape index (κ2) is 6.35. The Kier molecular flexibility index (Phi) is 4.24. The third-order valence-corrected chi connectivity index (χ3v) is 4.00. The molecule has 1 aliphatic rings. The van der Waals surface area contributed by atoms with Crippen LogP contribution in [-0.2, 0) is 9.59 Å². The number of nitrogens with one attached hydrogen (secondary N) is 1. The maximum absolute atomic E-state index is 12.5. The lowest BCUT2D eigenvalue weighted by atomic mass is 10.1. The lowest BCUT2D eigenvalue weighted by Gasteiger charge is -2.15. The molecule has 1 atom stereocenters. The zero-order chi connectivity index (χ0) is 17.3. The fourth-order valence-electron chi connectivity index (χ4n) is 2.74. The zero-order valence-electron chi connectivity index (χ0n) is 13.8. The number of carbonyl (C=O) groups is 2. The van der Waals surface area contributed by atoms with Crippen LogP contribution in [0.5, 0.6) is 5.75 Å². The van der Waals surface area contributed by atoms with Gasteiger partial charge in [-0.2, -0.15) is 0 Å². The van der Waals surface area contributed by atoms with Gasteiger partial charge >= 0.3 is 0 Å². The average Bonchev–Trinajstić information content (AvgIpc) is 3.13. The minimum atomic E-state index is -0.445. The molecule has 1 unspecified atom stereocenters. The summed E-state index contributed by atoms with van der Waals surface area (Å²) in [5.74, 6) is 0.854. The molecule has 0 spiro atoms. The third kappa shape index (κ3) is 3.10.